The molecule has 0 radical (unpaired) electrons. The summed E-state index contributed by atoms with van der Waals surface area (Å²) < 4.78 is 17.6. The summed E-state index contributed by atoms with van der Waals surface area (Å²) in [7, 11) is 1.33. The van der Waals surface area contributed by atoms with Crippen molar-refractivity contribution in [3.05, 3.63) is 77.6 Å². The highest BCUT2D eigenvalue weighted by molar-refractivity contribution is 5.92. The van der Waals surface area contributed by atoms with Crippen LogP contribution in [0.4, 0.5) is 4.39 Å². The maximum Gasteiger partial charge on any atom is 0.307 e. The van der Waals surface area contributed by atoms with Gasteiger partial charge in [-0.05, 0) is 35.8 Å². The van der Waals surface area contributed by atoms with Gasteiger partial charge in [0.05, 0.1) is 13.5 Å². The van der Waals surface area contributed by atoms with E-state index in [2.05, 4.69) is 4.74 Å². The van der Waals surface area contributed by atoms with Gasteiger partial charge in [0.2, 0.25) is 5.91 Å². The molecule has 5 heteroatoms. The number of carbonyl (C=O) groups is 2. The van der Waals surface area contributed by atoms with Gasteiger partial charge in [-0.25, -0.2) is 4.39 Å². The lowest BCUT2D eigenvalue weighted by molar-refractivity contribution is -0.141. The number of ether oxygens (including phenoxy) is 1. The summed E-state index contributed by atoms with van der Waals surface area (Å²) in [5.41, 5.74) is 1.85. The van der Waals surface area contributed by atoms with E-state index in [1.54, 1.807) is 23.1 Å². The number of amides is 1. The third kappa shape index (κ3) is 6.51. The Morgan fingerprint density at radius 2 is 1.73 bits per heavy atom. The molecule has 0 N–H and O–H groups in total. The Morgan fingerprint density at radius 3 is 2.38 bits per heavy atom. The van der Waals surface area contributed by atoms with Crippen molar-refractivity contribution in [2.75, 3.05) is 20.2 Å². The summed E-state index contributed by atoms with van der Waals surface area (Å²) in [4.78, 5) is 25.5. The molecule has 0 unspecified atom stereocenters. The molecule has 2 aromatic rings. The van der Waals surface area contributed by atoms with E-state index in [9.17, 15) is 14.0 Å². The zero-order valence-electron chi connectivity index (χ0n) is 14.7. The fraction of sp³-hybridized carbons (Fsp3) is 0.238. The molecule has 0 aliphatic heterocycles. The molecule has 0 atom stereocenters. The van der Waals surface area contributed by atoms with Crippen molar-refractivity contribution in [1.29, 1.82) is 0 Å². The Bertz CT molecular complexity index is 742. The number of carbonyl (C=O) groups excluding carboxylic acids is 2. The van der Waals surface area contributed by atoms with Crippen LogP contribution >= 0.6 is 0 Å². The van der Waals surface area contributed by atoms with Crippen molar-refractivity contribution in [1.82, 2.24) is 4.90 Å². The molecule has 0 aromatic heterocycles. The average molecular weight is 355 g/mol. The van der Waals surface area contributed by atoms with E-state index in [1.807, 2.05) is 30.3 Å². The molecule has 0 heterocycles. The molecule has 4 nitrogen and oxygen atoms in total. The third-order valence-corrected chi connectivity index (χ3v) is 3.93. The highest BCUT2D eigenvalue weighted by Gasteiger charge is 2.13. The summed E-state index contributed by atoms with van der Waals surface area (Å²) in [6, 6.07) is 15.7. The first-order chi connectivity index (χ1) is 12.6. The van der Waals surface area contributed by atoms with Crippen LogP contribution in [0.5, 0.6) is 0 Å². The van der Waals surface area contributed by atoms with E-state index in [-0.39, 0.29) is 30.7 Å². The molecule has 0 fully saturated rings. The summed E-state index contributed by atoms with van der Waals surface area (Å²) in [6.07, 6.45) is 3.91. The zero-order chi connectivity index (χ0) is 18.8. The molecule has 0 aliphatic carbocycles. The quantitative estimate of drug-likeness (QED) is 0.538. The summed E-state index contributed by atoms with van der Waals surface area (Å²) in [5.74, 6) is -0.879. The van der Waals surface area contributed by atoms with Crippen LogP contribution in [0.3, 0.4) is 0 Å². The fourth-order valence-electron chi connectivity index (χ4n) is 2.42. The number of nitrogens with zero attached hydrogens (tertiary/aromatic N) is 1. The van der Waals surface area contributed by atoms with Gasteiger partial charge in [-0.1, -0.05) is 42.5 Å². The van der Waals surface area contributed by atoms with E-state index in [0.29, 0.717) is 13.0 Å². The average Bonchev–Trinajstić information content (AvgIpc) is 2.67. The van der Waals surface area contributed by atoms with Crippen LogP contribution in [0.15, 0.2) is 60.7 Å². The highest BCUT2D eigenvalue weighted by Crippen LogP contribution is 2.07. The molecule has 2 rings (SSSR count). The lowest BCUT2D eigenvalue weighted by Gasteiger charge is -2.21. The Labute approximate surface area is 152 Å². The fourth-order valence-corrected chi connectivity index (χ4v) is 2.42. The van der Waals surface area contributed by atoms with Crippen LogP contribution in [-0.4, -0.2) is 37.0 Å². The maximum absolute atomic E-state index is 12.9. The minimum atomic E-state index is -0.356. The predicted molar refractivity (Wildman–Crippen MR) is 98.8 cm³/mol. The second-order valence-electron chi connectivity index (χ2n) is 5.77. The topological polar surface area (TPSA) is 46.6 Å². The van der Waals surface area contributed by atoms with Crippen molar-refractivity contribution >= 4 is 18.0 Å². The first-order valence-electron chi connectivity index (χ1n) is 8.42. The van der Waals surface area contributed by atoms with Gasteiger partial charge in [0, 0.05) is 19.2 Å². The number of hydrogen-bond acceptors (Lipinski definition) is 3. The molecule has 26 heavy (non-hydrogen) atoms. The molecular formula is C21H22FNO3. The Kier molecular flexibility index (Phi) is 7.55. The van der Waals surface area contributed by atoms with Crippen molar-refractivity contribution in [2.24, 2.45) is 0 Å². The molecule has 0 spiro atoms. The first kappa shape index (κ1) is 19.4. The third-order valence-electron chi connectivity index (χ3n) is 3.93. The molecule has 0 saturated heterocycles. The lowest BCUT2D eigenvalue weighted by Crippen LogP contribution is -2.33. The normalized spacial score (nSPS) is 10.7. The van der Waals surface area contributed by atoms with Gasteiger partial charge in [0.15, 0.2) is 0 Å². The molecule has 0 aliphatic rings. The van der Waals surface area contributed by atoms with E-state index >= 15 is 0 Å². The van der Waals surface area contributed by atoms with Crippen LogP contribution in [0, 0.1) is 5.82 Å². The van der Waals surface area contributed by atoms with E-state index in [4.69, 9.17) is 0 Å². The highest BCUT2D eigenvalue weighted by atomic mass is 19.1. The van der Waals surface area contributed by atoms with Crippen LogP contribution < -0.4 is 0 Å². The van der Waals surface area contributed by atoms with Gasteiger partial charge in [0.25, 0.3) is 0 Å². The second kappa shape index (κ2) is 10.1. The zero-order valence-corrected chi connectivity index (χ0v) is 14.7. The molecular weight excluding hydrogens is 333 g/mol. The first-order valence-corrected chi connectivity index (χ1v) is 8.42. The van der Waals surface area contributed by atoms with Gasteiger partial charge in [-0.15, -0.1) is 0 Å². The van der Waals surface area contributed by atoms with Gasteiger partial charge >= 0.3 is 5.97 Å². The Hall–Kier alpha value is -2.95. The van der Waals surface area contributed by atoms with Crippen LogP contribution in [0.2, 0.25) is 0 Å². The van der Waals surface area contributed by atoms with E-state index < -0.39 is 0 Å². The SMILES string of the molecule is COC(=O)CCN(CCc1ccccc1)C(=O)/C=C/c1ccc(F)cc1. The van der Waals surface area contributed by atoms with Crippen LogP contribution in [0.25, 0.3) is 6.08 Å². The van der Waals surface area contributed by atoms with Gasteiger partial charge < -0.3 is 9.64 Å². The standard InChI is InChI=1S/C21H22FNO3/c1-26-21(25)14-16-23(15-13-17-5-3-2-4-6-17)20(24)12-9-18-7-10-19(22)11-8-18/h2-12H,13-16H2,1H3/b12-9+. The largest absolute Gasteiger partial charge is 0.469 e. The molecule has 1 amide bonds. The van der Waals surface area contributed by atoms with Crippen molar-refractivity contribution < 1.29 is 18.7 Å². The number of rotatable bonds is 8. The number of halogens is 1. The molecule has 0 saturated carbocycles. The second-order valence-corrected chi connectivity index (χ2v) is 5.77. The number of esters is 1. The van der Waals surface area contributed by atoms with Crippen LogP contribution in [0.1, 0.15) is 17.5 Å². The molecule has 0 bridgehead atoms. The van der Waals surface area contributed by atoms with Crippen molar-refractivity contribution in [3.63, 3.8) is 0 Å². The summed E-state index contributed by atoms with van der Waals surface area (Å²) in [6.45, 7) is 0.777. The summed E-state index contributed by atoms with van der Waals surface area (Å²) >= 11 is 0. The lowest BCUT2D eigenvalue weighted by atomic mass is 10.1. The number of methoxy groups -OCH3 is 1. The molecule has 136 valence electrons. The Morgan fingerprint density at radius 1 is 1.04 bits per heavy atom. The summed E-state index contributed by atoms with van der Waals surface area (Å²) in [5, 5.41) is 0. The monoisotopic (exact) mass is 355 g/mol. The number of hydrogen-bond donors (Lipinski definition) is 0. The minimum Gasteiger partial charge on any atom is -0.469 e. The number of benzene rings is 2. The van der Waals surface area contributed by atoms with Gasteiger partial charge in [-0.2, -0.15) is 0 Å². The van der Waals surface area contributed by atoms with Crippen LogP contribution in [-0.2, 0) is 20.7 Å². The maximum atomic E-state index is 12.9. The Balaban J connectivity index is 2.01. The van der Waals surface area contributed by atoms with Gasteiger partial charge in [0.1, 0.15) is 5.82 Å². The smallest absolute Gasteiger partial charge is 0.307 e. The van der Waals surface area contributed by atoms with E-state index in [1.165, 1.54) is 25.3 Å². The predicted octanol–water partition coefficient (Wildman–Crippen LogP) is 3.47. The van der Waals surface area contributed by atoms with E-state index in [0.717, 1.165) is 11.1 Å². The minimum absolute atomic E-state index is 0.140. The van der Waals surface area contributed by atoms with Gasteiger partial charge in [-0.3, -0.25) is 9.59 Å². The molecule has 2 aromatic carbocycles. The van der Waals surface area contributed by atoms with Crippen molar-refractivity contribution in [2.45, 2.75) is 12.8 Å². The van der Waals surface area contributed by atoms with Crippen molar-refractivity contribution in [3.8, 4) is 0 Å².